The zero-order valence-corrected chi connectivity index (χ0v) is 18.6. The molecule has 3 nitrogen and oxygen atoms in total. The number of hydrogen-bond donors (Lipinski definition) is 0. The number of halogens is 1. The van der Waals surface area contributed by atoms with Crippen LogP contribution >= 0.6 is 34.7 Å². The molecular formula is C24H19ClN2OS2. The zero-order valence-electron chi connectivity index (χ0n) is 16.2. The minimum Gasteiger partial charge on any atom is -0.268 e. The predicted octanol–water partition coefficient (Wildman–Crippen LogP) is 6.39. The van der Waals surface area contributed by atoms with Crippen LogP contribution in [0.2, 0.25) is 5.02 Å². The van der Waals surface area contributed by atoms with Gasteiger partial charge in [0, 0.05) is 15.7 Å². The van der Waals surface area contributed by atoms with E-state index in [9.17, 15) is 4.79 Å². The Morgan fingerprint density at radius 3 is 2.70 bits per heavy atom. The van der Waals surface area contributed by atoms with Crippen molar-refractivity contribution in [2.75, 3.05) is 5.75 Å². The molecule has 1 aliphatic carbocycles. The summed E-state index contributed by atoms with van der Waals surface area (Å²) in [6.07, 6.45) is 7.35. The monoisotopic (exact) mass is 450 g/mol. The summed E-state index contributed by atoms with van der Waals surface area (Å²) >= 11 is 9.33. The Kier molecular flexibility index (Phi) is 5.50. The first-order valence-electron chi connectivity index (χ1n) is 9.88. The van der Waals surface area contributed by atoms with Crippen molar-refractivity contribution in [3.8, 4) is 5.69 Å². The van der Waals surface area contributed by atoms with E-state index in [1.165, 1.54) is 10.4 Å². The third-order valence-corrected chi connectivity index (χ3v) is 7.54. The second-order valence-electron chi connectivity index (χ2n) is 7.17. The number of fused-ring (bicyclic) bond motifs is 3. The van der Waals surface area contributed by atoms with Gasteiger partial charge in [-0.1, -0.05) is 65.8 Å². The van der Waals surface area contributed by atoms with Gasteiger partial charge in [0.2, 0.25) is 0 Å². The summed E-state index contributed by atoms with van der Waals surface area (Å²) in [6, 6.07) is 17.6. The highest BCUT2D eigenvalue weighted by Gasteiger charge is 2.23. The smallest absolute Gasteiger partial charge is 0.267 e. The summed E-state index contributed by atoms with van der Waals surface area (Å²) in [4.78, 5) is 20.7. The highest BCUT2D eigenvalue weighted by Crippen LogP contribution is 2.36. The fraction of sp³-hybridized carbons (Fsp3) is 0.167. The van der Waals surface area contributed by atoms with Crippen LogP contribution in [0.3, 0.4) is 0 Å². The highest BCUT2D eigenvalue weighted by atomic mass is 35.5. The van der Waals surface area contributed by atoms with Gasteiger partial charge >= 0.3 is 0 Å². The lowest BCUT2D eigenvalue weighted by Gasteiger charge is -2.12. The van der Waals surface area contributed by atoms with E-state index >= 15 is 0 Å². The van der Waals surface area contributed by atoms with Crippen molar-refractivity contribution in [2.24, 2.45) is 0 Å². The lowest BCUT2D eigenvalue weighted by atomic mass is 10.2. The van der Waals surface area contributed by atoms with Gasteiger partial charge in [-0.15, -0.1) is 11.3 Å². The van der Waals surface area contributed by atoms with Crippen LogP contribution in [0.25, 0.3) is 22.0 Å². The van der Waals surface area contributed by atoms with Crippen LogP contribution in [0, 0.1) is 0 Å². The van der Waals surface area contributed by atoms with Gasteiger partial charge in [0.25, 0.3) is 5.56 Å². The standard InChI is InChI=1S/C24H19ClN2OS2/c25-17-11-13-18(14-12-17)27-23(28)21-19-9-4-10-20(19)30-22(21)26-24(27)29-15-5-8-16-6-2-1-3-7-16/h1-3,5-8,11-14H,4,9-10,15H2/b8-5+. The topological polar surface area (TPSA) is 34.9 Å². The molecule has 150 valence electrons. The first-order chi connectivity index (χ1) is 14.7. The molecule has 6 heteroatoms. The second-order valence-corrected chi connectivity index (χ2v) is 9.68. The van der Waals surface area contributed by atoms with Crippen molar-refractivity contribution in [1.29, 1.82) is 0 Å². The van der Waals surface area contributed by atoms with Crippen molar-refractivity contribution in [1.82, 2.24) is 9.55 Å². The van der Waals surface area contributed by atoms with Crippen molar-refractivity contribution in [3.05, 3.63) is 92.1 Å². The normalized spacial score (nSPS) is 13.4. The minimum absolute atomic E-state index is 0.0243. The van der Waals surface area contributed by atoms with Crippen LogP contribution in [0.15, 0.2) is 70.6 Å². The zero-order chi connectivity index (χ0) is 20.5. The SMILES string of the molecule is O=c1c2c3c(sc2nc(SC/C=C/c2ccccc2)n1-c1ccc(Cl)cc1)CCC3. The van der Waals surface area contributed by atoms with Gasteiger partial charge in [-0.3, -0.25) is 9.36 Å². The summed E-state index contributed by atoms with van der Waals surface area (Å²) in [5, 5.41) is 2.16. The van der Waals surface area contributed by atoms with Crippen LogP contribution in [-0.2, 0) is 12.8 Å². The molecule has 0 spiro atoms. The third-order valence-electron chi connectivity index (χ3n) is 5.21. The molecule has 4 aromatic rings. The van der Waals surface area contributed by atoms with Crippen molar-refractivity contribution >= 4 is 51.0 Å². The number of aromatic nitrogens is 2. The molecule has 2 aromatic carbocycles. The molecule has 0 aliphatic heterocycles. The molecule has 0 unspecified atom stereocenters. The minimum atomic E-state index is 0.0243. The summed E-state index contributed by atoms with van der Waals surface area (Å²) in [7, 11) is 0. The van der Waals surface area contributed by atoms with E-state index < -0.39 is 0 Å². The van der Waals surface area contributed by atoms with Crippen molar-refractivity contribution in [3.63, 3.8) is 0 Å². The van der Waals surface area contributed by atoms with Gasteiger partial charge in [-0.05, 0) is 54.7 Å². The first-order valence-corrected chi connectivity index (χ1v) is 12.1. The summed E-state index contributed by atoms with van der Waals surface area (Å²) < 4.78 is 1.74. The molecular weight excluding hydrogens is 432 g/mol. The number of nitrogens with zero attached hydrogens (tertiary/aromatic N) is 2. The first kappa shape index (κ1) is 19.6. The Morgan fingerprint density at radius 1 is 1.10 bits per heavy atom. The van der Waals surface area contributed by atoms with E-state index in [0.29, 0.717) is 10.2 Å². The third kappa shape index (κ3) is 3.73. The van der Waals surface area contributed by atoms with Gasteiger partial charge in [0.1, 0.15) is 4.83 Å². The molecule has 5 rings (SSSR count). The average molecular weight is 451 g/mol. The van der Waals surface area contributed by atoms with Gasteiger partial charge in [-0.25, -0.2) is 4.98 Å². The fourth-order valence-electron chi connectivity index (χ4n) is 3.81. The van der Waals surface area contributed by atoms with Crippen LogP contribution < -0.4 is 5.56 Å². The molecule has 0 N–H and O–H groups in total. The predicted molar refractivity (Wildman–Crippen MR) is 128 cm³/mol. The number of thioether (sulfide) groups is 1. The molecule has 1 aliphatic rings. The van der Waals surface area contributed by atoms with E-state index in [-0.39, 0.29) is 5.56 Å². The van der Waals surface area contributed by atoms with E-state index in [2.05, 4.69) is 24.3 Å². The number of hydrogen-bond acceptors (Lipinski definition) is 4. The van der Waals surface area contributed by atoms with Crippen molar-refractivity contribution < 1.29 is 0 Å². The maximum absolute atomic E-state index is 13.6. The highest BCUT2D eigenvalue weighted by molar-refractivity contribution is 7.99. The summed E-state index contributed by atoms with van der Waals surface area (Å²) in [5.41, 5.74) is 3.18. The summed E-state index contributed by atoms with van der Waals surface area (Å²) in [6.45, 7) is 0. The molecule has 0 bridgehead atoms. The van der Waals surface area contributed by atoms with Gasteiger partial charge in [0.05, 0.1) is 11.1 Å². The molecule has 2 heterocycles. The molecule has 0 saturated heterocycles. The number of rotatable bonds is 5. The lowest BCUT2D eigenvalue weighted by Crippen LogP contribution is -2.21. The Balaban J connectivity index is 1.55. The molecule has 0 radical (unpaired) electrons. The average Bonchev–Trinajstić information content (AvgIpc) is 3.34. The van der Waals surface area contributed by atoms with E-state index in [1.807, 2.05) is 42.5 Å². The molecule has 0 amide bonds. The van der Waals surface area contributed by atoms with Crippen LogP contribution in [-0.4, -0.2) is 15.3 Å². The number of thiophene rings is 1. The fourth-order valence-corrected chi connectivity index (χ4v) is 6.06. The number of benzene rings is 2. The van der Waals surface area contributed by atoms with E-state index in [4.69, 9.17) is 16.6 Å². The molecule has 30 heavy (non-hydrogen) atoms. The van der Waals surface area contributed by atoms with Gasteiger partial charge in [0.15, 0.2) is 5.16 Å². The molecule has 2 aromatic heterocycles. The van der Waals surface area contributed by atoms with E-state index in [1.54, 1.807) is 27.7 Å². The Labute approximate surface area is 188 Å². The molecule has 0 saturated carbocycles. The van der Waals surface area contributed by atoms with Gasteiger partial charge in [-0.2, -0.15) is 0 Å². The lowest BCUT2D eigenvalue weighted by molar-refractivity contribution is 0.821. The maximum Gasteiger partial charge on any atom is 0.267 e. The Hall–Kier alpha value is -2.34. The van der Waals surface area contributed by atoms with Gasteiger partial charge < -0.3 is 0 Å². The number of aryl methyl sites for hydroxylation is 2. The van der Waals surface area contributed by atoms with Crippen LogP contribution in [0.4, 0.5) is 0 Å². The summed E-state index contributed by atoms with van der Waals surface area (Å²) in [5.74, 6) is 0.728. The molecule has 0 atom stereocenters. The Morgan fingerprint density at radius 2 is 1.90 bits per heavy atom. The molecule has 0 fully saturated rings. The maximum atomic E-state index is 13.6. The van der Waals surface area contributed by atoms with Crippen LogP contribution in [0.1, 0.15) is 22.4 Å². The second kappa shape index (κ2) is 8.42. The largest absolute Gasteiger partial charge is 0.268 e. The Bertz CT molecular complexity index is 1290. The van der Waals surface area contributed by atoms with Crippen LogP contribution in [0.5, 0.6) is 0 Å². The van der Waals surface area contributed by atoms with Crippen molar-refractivity contribution in [2.45, 2.75) is 24.4 Å². The quantitative estimate of drug-likeness (QED) is 0.261. The van der Waals surface area contributed by atoms with E-state index in [0.717, 1.165) is 46.5 Å².